The minimum atomic E-state index is -0.358. The van der Waals surface area contributed by atoms with E-state index in [4.69, 9.17) is 0 Å². The maximum Gasteiger partial charge on any atom is 0.234 e. The van der Waals surface area contributed by atoms with Crippen LogP contribution in [0.4, 0.5) is 10.1 Å². The maximum absolute atomic E-state index is 13.2. The molecule has 118 valence electrons. The average molecular weight is 338 g/mol. The summed E-state index contributed by atoms with van der Waals surface area (Å²) in [5.41, 5.74) is 2.39. The number of carbonyl (C=O) groups excluding carboxylic acids is 1. The molecule has 6 heteroatoms. The number of anilines is 1. The zero-order valence-corrected chi connectivity index (χ0v) is 14.7. The Kier molecular flexibility index (Phi) is 5.24. The zero-order chi connectivity index (χ0) is 16.3. The maximum atomic E-state index is 13.2. The second-order valence-electron chi connectivity index (χ2n) is 6.04. The molecule has 0 saturated heterocycles. The van der Waals surface area contributed by atoms with Gasteiger partial charge in [0.1, 0.15) is 5.82 Å². The average Bonchev–Trinajstić information content (AvgIpc) is 2.89. The van der Waals surface area contributed by atoms with Crippen molar-refractivity contribution >= 4 is 34.7 Å². The Bertz CT molecular complexity index is 677. The van der Waals surface area contributed by atoms with Gasteiger partial charge in [-0.3, -0.25) is 4.79 Å². The van der Waals surface area contributed by atoms with E-state index in [-0.39, 0.29) is 22.9 Å². The molecule has 1 aromatic carbocycles. The third-order valence-electron chi connectivity index (χ3n) is 3.05. The number of nitrogens with zero attached hydrogens (tertiary/aromatic N) is 1. The van der Waals surface area contributed by atoms with Crippen molar-refractivity contribution in [1.82, 2.24) is 4.98 Å². The zero-order valence-electron chi connectivity index (χ0n) is 13.1. The lowest BCUT2D eigenvalue weighted by molar-refractivity contribution is -0.113. The lowest BCUT2D eigenvalue weighted by atomic mass is 9.93. The molecule has 0 saturated carbocycles. The van der Waals surface area contributed by atoms with E-state index in [1.165, 1.54) is 23.9 Å². The summed E-state index contributed by atoms with van der Waals surface area (Å²) in [6.45, 7) is 8.15. The second-order valence-corrected chi connectivity index (χ2v) is 8.13. The van der Waals surface area contributed by atoms with Gasteiger partial charge in [-0.25, -0.2) is 9.37 Å². The molecular formula is C16H19FN2OS2. The number of benzene rings is 1. The van der Waals surface area contributed by atoms with Crippen LogP contribution in [0.1, 0.15) is 32.0 Å². The Morgan fingerprint density at radius 3 is 2.77 bits per heavy atom. The molecule has 1 N–H and O–H groups in total. The van der Waals surface area contributed by atoms with E-state index < -0.39 is 0 Å². The number of amides is 1. The van der Waals surface area contributed by atoms with Gasteiger partial charge in [-0.05, 0) is 24.6 Å². The van der Waals surface area contributed by atoms with Crippen molar-refractivity contribution in [1.29, 1.82) is 0 Å². The summed E-state index contributed by atoms with van der Waals surface area (Å²) in [5, 5.41) is 4.76. The summed E-state index contributed by atoms with van der Waals surface area (Å²) < 4.78 is 14.1. The molecule has 0 unspecified atom stereocenters. The predicted octanol–water partition coefficient (Wildman–Crippen LogP) is 4.62. The SMILES string of the molecule is Cc1ccc(F)cc1NC(=O)CSc1nc(C(C)(C)C)cs1. The van der Waals surface area contributed by atoms with Crippen LogP contribution in [0.5, 0.6) is 0 Å². The highest BCUT2D eigenvalue weighted by molar-refractivity contribution is 8.01. The molecule has 0 atom stereocenters. The lowest BCUT2D eigenvalue weighted by Gasteiger charge is -2.14. The van der Waals surface area contributed by atoms with Crippen molar-refractivity contribution in [3.8, 4) is 0 Å². The van der Waals surface area contributed by atoms with E-state index in [1.807, 2.05) is 12.3 Å². The number of carbonyl (C=O) groups is 1. The Morgan fingerprint density at radius 1 is 1.41 bits per heavy atom. The number of thiazole rings is 1. The predicted molar refractivity (Wildman–Crippen MR) is 91.3 cm³/mol. The van der Waals surface area contributed by atoms with Gasteiger partial charge < -0.3 is 5.32 Å². The first kappa shape index (κ1) is 17.0. The summed E-state index contributed by atoms with van der Waals surface area (Å²) in [5.74, 6) is -0.262. The number of hydrogen-bond donors (Lipinski definition) is 1. The largest absolute Gasteiger partial charge is 0.325 e. The molecule has 2 rings (SSSR count). The molecular weight excluding hydrogens is 319 g/mol. The van der Waals surface area contributed by atoms with Crippen molar-refractivity contribution in [3.63, 3.8) is 0 Å². The van der Waals surface area contributed by atoms with Crippen molar-refractivity contribution < 1.29 is 9.18 Å². The van der Waals surface area contributed by atoms with Crippen molar-refractivity contribution in [2.45, 2.75) is 37.4 Å². The van der Waals surface area contributed by atoms with Gasteiger partial charge in [0.2, 0.25) is 5.91 Å². The van der Waals surface area contributed by atoms with E-state index in [2.05, 4.69) is 31.1 Å². The van der Waals surface area contributed by atoms with Crippen molar-refractivity contribution in [2.75, 3.05) is 11.1 Å². The van der Waals surface area contributed by atoms with E-state index in [9.17, 15) is 9.18 Å². The van der Waals surface area contributed by atoms with Crippen LogP contribution in [0.2, 0.25) is 0 Å². The van der Waals surface area contributed by atoms with E-state index in [1.54, 1.807) is 17.4 Å². The van der Waals surface area contributed by atoms with Gasteiger partial charge in [0, 0.05) is 16.5 Å². The quantitative estimate of drug-likeness (QED) is 0.827. The highest BCUT2D eigenvalue weighted by atomic mass is 32.2. The Morgan fingerprint density at radius 2 is 2.14 bits per heavy atom. The number of hydrogen-bond acceptors (Lipinski definition) is 4. The first-order chi connectivity index (χ1) is 10.3. The van der Waals surface area contributed by atoms with Crippen molar-refractivity contribution in [3.05, 3.63) is 40.7 Å². The summed E-state index contributed by atoms with van der Waals surface area (Å²) >= 11 is 2.94. The Labute approximate surface area is 138 Å². The molecule has 22 heavy (non-hydrogen) atoms. The fourth-order valence-corrected chi connectivity index (χ4v) is 3.56. The van der Waals surface area contributed by atoms with Gasteiger partial charge in [-0.15, -0.1) is 11.3 Å². The third kappa shape index (κ3) is 4.55. The van der Waals surface area contributed by atoms with Crippen LogP contribution < -0.4 is 5.32 Å². The molecule has 0 aliphatic rings. The van der Waals surface area contributed by atoms with Crippen molar-refractivity contribution in [2.24, 2.45) is 0 Å². The molecule has 0 fully saturated rings. The topological polar surface area (TPSA) is 42.0 Å². The van der Waals surface area contributed by atoms with E-state index in [0.717, 1.165) is 15.6 Å². The normalized spacial score (nSPS) is 11.5. The Balaban J connectivity index is 1.93. The molecule has 0 bridgehead atoms. The van der Waals surface area contributed by atoms with Crippen LogP contribution >= 0.6 is 23.1 Å². The summed E-state index contributed by atoms with van der Waals surface area (Å²) in [6, 6.07) is 4.36. The smallest absolute Gasteiger partial charge is 0.234 e. The minimum Gasteiger partial charge on any atom is -0.325 e. The molecule has 0 aliphatic carbocycles. The summed E-state index contributed by atoms with van der Waals surface area (Å²) in [6.07, 6.45) is 0. The standard InChI is InChI=1S/C16H19FN2OS2/c1-10-5-6-11(17)7-12(10)18-14(20)9-22-15-19-13(8-21-15)16(2,3)4/h5-8H,9H2,1-4H3,(H,18,20). The molecule has 1 aromatic heterocycles. The summed E-state index contributed by atoms with van der Waals surface area (Å²) in [7, 11) is 0. The number of halogens is 1. The van der Waals surface area contributed by atoms with Gasteiger partial charge in [0.25, 0.3) is 0 Å². The van der Waals surface area contributed by atoms with Crippen LogP contribution in [0, 0.1) is 12.7 Å². The molecule has 0 aliphatic heterocycles. The van der Waals surface area contributed by atoms with Gasteiger partial charge >= 0.3 is 0 Å². The molecule has 0 radical (unpaired) electrons. The van der Waals surface area contributed by atoms with E-state index in [0.29, 0.717) is 5.69 Å². The van der Waals surface area contributed by atoms with Crippen LogP contribution in [0.25, 0.3) is 0 Å². The van der Waals surface area contributed by atoms with Crippen LogP contribution in [-0.2, 0) is 10.2 Å². The molecule has 1 amide bonds. The van der Waals surface area contributed by atoms with E-state index >= 15 is 0 Å². The first-order valence-electron chi connectivity index (χ1n) is 6.90. The summed E-state index contributed by atoms with van der Waals surface area (Å²) in [4.78, 5) is 16.5. The molecule has 0 spiro atoms. The number of rotatable bonds is 4. The molecule has 1 heterocycles. The second kappa shape index (κ2) is 6.79. The number of aromatic nitrogens is 1. The third-order valence-corrected chi connectivity index (χ3v) is 5.07. The highest BCUT2D eigenvalue weighted by Crippen LogP contribution is 2.29. The lowest BCUT2D eigenvalue weighted by Crippen LogP contribution is -2.15. The van der Waals surface area contributed by atoms with Crippen LogP contribution in [0.15, 0.2) is 27.9 Å². The monoisotopic (exact) mass is 338 g/mol. The van der Waals surface area contributed by atoms with Gasteiger partial charge in [0.15, 0.2) is 4.34 Å². The van der Waals surface area contributed by atoms with Gasteiger partial charge in [-0.2, -0.15) is 0 Å². The number of aryl methyl sites for hydroxylation is 1. The fraction of sp³-hybridized carbons (Fsp3) is 0.375. The molecule has 3 nitrogen and oxygen atoms in total. The highest BCUT2D eigenvalue weighted by Gasteiger charge is 2.18. The molecule has 2 aromatic rings. The number of thioether (sulfide) groups is 1. The number of nitrogens with one attached hydrogen (secondary N) is 1. The van der Waals surface area contributed by atoms with Crippen LogP contribution in [-0.4, -0.2) is 16.6 Å². The van der Waals surface area contributed by atoms with Gasteiger partial charge in [0.05, 0.1) is 11.4 Å². The fourth-order valence-electron chi connectivity index (χ4n) is 1.71. The Hall–Kier alpha value is -1.40. The minimum absolute atomic E-state index is 0.0102. The van der Waals surface area contributed by atoms with Crippen LogP contribution in [0.3, 0.4) is 0 Å². The first-order valence-corrected chi connectivity index (χ1v) is 8.77. The van der Waals surface area contributed by atoms with Gasteiger partial charge in [-0.1, -0.05) is 38.6 Å².